The smallest absolute Gasteiger partial charge is 0.258 e. The number of amides is 1. The van der Waals surface area contributed by atoms with Gasteiger partial charge in [-0.25, -0.2) is 0 Å². The highest BCUT2D eigenvalue weighted by molar-refractivity contribution is 5.77. The molecule has 0 fully saturated rings. The van der Waals surface area contributed by atoms with Crippen LogP contribution in [0, 0.1) is 0 Å². The quantitative estimate of drug-likeness (QED) is 0.785. The predicted octanol–water partition coefficient (Wildman–Crippen LogP) is 1.48. The van der Waals surface area contributed by atoms with Crippen molar-refractivity contribution in [2.75, 3.05) is 13.7 Å². The zero-order valence-corrected chi connectivity index (χ0v) is 11.6. The second-order valence-electron chi connectivity index (χ2n) is 4.30. The Balaban J connectivity index is 2.63. The SMILES string of the molecule is CCC(C)NC(=O)COc1cc(OC)ccc1CO. The van der Waals surface area contributed by atoms with Crippen LogP contribution in [0.25, 0.3) is 0 Å². The van der Waals surface area contributed by atoms with E-state index >= 15 is 0 Å². The summed E-state index contributed by atoms with van der Waals surface area (Å²) in [6, 6.07) is 5.22. The Morgan fingerprint density at radius 1 is 1.47 bits per heavy atom. The van der Waals surface area contributed by atoms with Gasteiger partial charge in [-0.15, -0.1) is 0 Å². The zero-order valence-electron chi connectivity index (χ0n) is 11.6. The molecule has 0 aliphatic rings. The first-order valence-electron chi connectivity index (χ1n) is 6.30. The van der Waals surface area contributed by atoms with Gasteiger partial charge in [-0.2, -0.15) is 0 Å². The van der Waals surface area contributed by atoms with Crippen LogP contribution in [0.4, 0.5) is 0 Å². The van der Waals surface area contributed by atoms with Crippen molar-refractivity contribution in [3.05, 3.63) is 23.8 Å². The molecule has 5 heteroatoms. The molecule has 1 aromatic carbocycles. The Morgan fingerprint density at radius 3 is 2.79 bits per heavy atom. The third kappa shape index (κ3) is 4.79. The number of rotatable bonds is 7. The minimum absolute atomic E-state index is 0.0789. The number of carbonyl (C=O) groups is 1. The lowest BCUT2D eigenvalue weighted by Gasteiger charge is -2.14. The van der Waals surface area contributed by atoms with Gasteiger partial charge in [-0.05, 0) is 25.5 Å². The van der Waals surface area contributed by atoms with Crippen molar-refractivity contribution < 1.29 is 19.4 Å². The number of methoxy groups -OCH3 is 1. The molecule has 0 saturated carbocycles. The number of nitrogens with one attached hydrogen (secondary N) is 1. The summed E-state index contributed by atoms with van der Waals surface area (Å²) in [4.78, 5) is 11.6. The lowest BCUT2D eigenvalue weighted by atomic mass is 10.2. The molecule has 0 aliphatic heterocycles. The van der Waals surface area contributed by atoms with Gasteiger partial charge in [0, 0.05) is 17.7 Å². The maximum atomic E-state index is 11.6. The second kappa shape index (κ2) is 7.63. The maximum Gasteiger partial charge on any atom is 0.258 e. The normalized spacial score (nSPS) is 11.8. The average Bonchev–Trinajstić information content (AvgIpc) is 2.44. The summed E-state index contributed by atoms with van der Waals surface area (Å²) in [5, 5.41) is 12.0. The number of ether oxygens (including phenoxy) is 2. The van der Waals surface area contributed by atoms with Crippen LogP contribution in [0.1, 0.15) is 25.8 Å². The standard InChI is InChI=1S/C14H21NO4/c1-4-10(2)15-14(17)9-19-13-7-12(18-3)6-5-11(13)8-16/h5-7,10,16H,4,8-9H2,1-3H3,(H,15,17). The van der Waals surface area contributed by atoms with Crippen molar-refractivity contribution >= 4 is 5.91 Å². The van der Waals surface area contributed by atoms with Crippen molar-refractivity contribution in [2.45, 2.75) is 32.9 Å². The Bertz CT molecular complexity index is 420. The third-order valence-corrected chi connectivity index (χ3v) is 2.82. The lowest BCUT2D eigenvalue weighted by molar-refractivity contribution is -0.123. The molecule has 0 aliphatic carbocycles. The summed E-state index contributed by atoms with van der Waals surface area (Å²) in [7, 11) is 1.55. The minimum Gasteiger partial charge on any atom is -0.497 e. The minimum atomic E-state index is -0.180. The van der Waals surface area contributed by atoms with E-state index in [0.717, 1.165) is 6.42 Å². The molecule has 0 radical (unpaired) electrons. The van der Waals surface area contributed by atoms with Crippen molar-refractivity contribution in [3.8, 4) is 11.5 Å². The molecule has 1 aromatic rings. The molecule has 1 amide bonds. The molecule has 5 nitrogen and oxygen atoms in total. The predicted molar refractivity (Wildman–Crippen MR) is 72.3 cm³/mol. The lowest BCUT2D eigenvalue weighted by Crippen LogP contribution is -2.35. The average molecular weight is 267 g/mol. The summed E-state index contributed by atoms with van der Waals surface area (Å²) < 4.78 is 10.5. The highest BCUT2D eigenvalue weighted by atomic mass is 16.5. The highest BCUT2D eigenvalue weighted by Crippen LogP contribution is 2.24. The summed E-state index contributed by atoms with van der Waals surface area (Å²) in [5.74, 6) is 0.900. The summed E-state index contributed by atoms with van der Waals surface area (Å²) in [5.41, 5.74) is 0.622. The van der Waals surface area contributed by atoms with Gasteiger partial charge in [0.2, 0.25) is 0 Å². The second-order valence-corrected chi connectivity index (χ2v) is 4.30. The van der Waals surface area contributed by atoms with Crippen molar-refractivity contribution in [1.29, 1.82) is 0 Å². The molecule has 1 unspecified atom stereocenters. The number of aliphatic hydroxyl groups excluding tert-OH is 1. The van der Waals surface area contributed by atoms with E-state index in [2.05, 4.69) is 5.32 Å². The molecule has 0 aromatic heterocycles. The monoisotopic (exact) mass is 267 g/mol. The fraction of sp³-hybridized carbons (Fsp3) is 0.500. The molecule has 1 rings (SSSR count). The van der Waals surface area contributed by atoms with Crippen molar-refractivity contribution in [2.24, 2.45) is 0 Å². The molecule has 19 heavy (non-hydrogen) atoms. The van der Waals surface area contributed by atoms with Gasteiger partial charge < -0.3 is 19.9 Å². The van der Waals surface area contributed by atoms with Crippen LogP contribution in [0.2, 0.25) is 0 Å². The van der Waals surface area contributed by atoms with Crippen LogP contribution in [0.5, 0.6) is 11.5 Å². The Hall–Kier alpha value is -1.75. The number of carbonyl (C=O) groups excluding carboxylic acids is 1. The van der Waals surface area contributed by atoms with Gasteiger partial charge >= 0.3 is 0 Å². The van der Waals surface area contributed by atoms with Crippen LogP contribution in [-0.2, 0) is 11.4 Å². The van der Waals surface area contributed by atoms with Crippen LogP contribution in [0.3, 0.4) is 0 Å². The van der Waals surface area contributed by atoms with Crippen molar-refractivity contribution in [3.63, 3.8) is 0 Å². The number of benzene rings is 1. The van der Waals surface area contributed by atoms with E-state index in [0.29, 0.717) is 17.1 Å². The van der Waals surface area contributed by atoms with Gasteiger partial charge in [-0.3, -0.25) is 4.79 Å². The van der Waals surface area contributed by atoms with E-state index in [4.69, 9.17) is 9.47 Å². The van der Waals surface area contributed by atoms with Gasteiger partial charge in [-0.1, -0.05) is 6.92 Å². The molecule has 106 valence electrons. The molecule has 0 heterocycles. The van der Waals surface area contributed by atoms with E-state index in [-0.39, 0.29) is 25.2 Å². The van der Waals surface area contributed by atoms with Crippen LogP contribution >= 0.6 is 0 Å². The molecular formula is C14H21NO4. The number of hydrogen-bond donors (Lipinski definition) is 2. The molecule has 2 N–H and O–H groups in total. The fourth-order valence-electron chi connectivity index (χ4n) is 1.49. The molecule has 1 atom stereocenters. The molecule has 0 saturated heterocycles. The van der Waals surface area contributed by atoms with Crippen LogP contribution in [-0.4, -0.2) is 30.8 Å². The number of aliphatic hydroxyl groups is 1. The van der Waals surface area contributed by atoms with E-state index in [1.807, 2.05) is 13.8 Å². The van der Waals surface area contributed by atoms with Crippen LogP contribution < -0.4 is 14.8 Å². The van der Waals surface area contributed by atoms with Crippen LogP contribution in [0.15, 0.2) is 18.2 Å². The van der Waals surface area contributed by atoms with Crippen molar-refractivity contribution in [1.82, 2.24) is 5.32 Å². The topological polar surface area (TPSA) is 67.8 Å². The van der Waals surface area contributed by atoms with E-state index in [1.165, 1.54) is 0 Å². The Kier molecular flexibility index (Phi) is 6.15. The first kappa shape index (κ1) is 15.3. The van der Waals surface area contributed by atoms with Gasteiger partial charge in [0.05, 0.1) is 13.7 Å². The summed E-state index contributed by atoms with van der Waals surface area (Å²) in [6.45, 7) is 3.71. The van der Waals surface area contributed by atoms with E-state index in [9.17, 15) is 9.90 Å². The highest BCUT2D eigenvalue weighted by Gasteiger charge is 2.09. The first-order valence-corrected chi connectivity index (χ1v) is 6.30. The fourth-order valence-corrected chi connectivity index (χ4v) is 1.49. The largest absolute Gasteiger partial charge is 0.497 e. The number of hydrogen-bond acceptors (Lipinski definition) is 4. The molecular weight excluding hydrogens is 246 g/mol. The van der Waals surface area contributed by atoms with Gasteiger partial charge in [0.25, 0.3) is 5.91 Å². The zero-order chi connectivity index (χ0) is 14.3. The Labute approximate surface area is 113 Å². The maximum absolute atomic E-state index is 11.6. The van der Waals surface area contributed by atoms with Gasteiger partial charge in [0.1, 0.15) is 11.5 Å². The van der Waals surface area contributed by atoms with E-state index in [1.54, 1.807) is 25.3 Å². The van der Waals surface area contributed by atoms with E-state index < -0.39 is 0 Å². The Morgan fingerprint density at radius 2 is 2.21 bits per heavy atom. The third-order valence-electron chi connectivity index (χ3n) is 2.82. The first-order chi connectivity index (χ1) is 9.10. The summed E-state index contributed by atoms with van der Waals surface area (Å²) >= 11 is 0. The van der Waals surface area contributed by atoms with Gasteiger partial charge in [0.15, 0.2) is 6.61 Å². The summed E-state index contributed by atoms with van der Waals surface area (Å²) in [6.07, 6.45) is 0.868. The molecule has 0 bridgehead atoms. The molecule has 0 spiro atoms.